The van der Waals surface area contributed by atoms with Crippen LogP contribution in [0.15, 0.2) is 59.5 Å². The van der Waals surface area contributed by atoms with Crippen molar-refractivity contribution < 1.29 is 13.2 Å². The molecule has 0 aromatic heterocycles. The van der Waals surface area contributed by atoms with Crippen LogP contribution in [0.2, 0.25) is 0 Å². The number of hydrogen-bond acceptors (Lipinski definition) is 3. The van der Waals surface area contributed by atoms with E-state index in [2.05, 4.69) is 12.2 Å². The molecular weight excluding hydrogens is 372 g/mol. The van der Waals surface area contributed by atoms with Gasteiger partial charge >= 0.3 is 0 Å². The Morgan fingerprint density at radius 3 is 2.43 bits per heavy atom. The van der Waals surface area contributed by atoms with Crippen molar-refractivity contribution in [2.24, 2.45) is 5.92 Å². The molecule has 0 bridgehead atoms. The van der Waals surface area contributed by atoms with E-state index in [1.165, 1.54) is 10.4 Å². The van der Waals surface area contributed by atoms with Crippen molar-refractivity contribution in [2.75, 3.05) is 13.1 Å². The summed E-state index contributed by atoms with van der Waals surface area (Å²) in [6.45, 7) is 5.22. The molecule has 0 saturated carbocycles. The number of benzene rings is 2. The molecule has 1 saturated heterocycles. The second-order valence-corrected chi connectivity index (χ2v) is 9.40. The van der Waals surface area contributed by atoms with Crippen LogP contribution < -0.4 is 5.32 Å². The topological polar surface area (TPSA) is 66.5 Å². The third-order valence-electron chi connectivity index (χ3n) is 5.39. The number of carbonyl (C=O) groups excluding carboxylic acids is 1. The molecule has 5 nitrogen and oxygen atoms in total. The fourth-order valence-electron chi connectivity index (χ4n) is 3.52. The summed E-state index contributed by atoms with van der Waals surface area (Å²) in [7, 11) is -3.57. The van der Waals surface area contributed by atoms with Gasteiger partial charge in [0.15, 0.2) is 0 Å². The minimum Gasteiger partial charge on any atom is -0.345 e. The van der Waals surface area contributed by atoms with Crippen LogP contribution in [-0.4, -0.2) is 31.7 Å². The van der Waals surface area contributed by atoms with Crippen molar-refractivity contribution in [3.63, 3.8) is 0 Å². The highest BCUT2D eigenvalue weighted by Gasteiger charge is 2.28. The second kappa shape index (κ2) is 8.88. The quantitative estimate of drug-likeness (QED) is 0.797. The van der Waals surface area contributed by atoms with E-state index in [0.717, 1.165) is 24.8 Å². The van der Waals surface area contributed by atoms with Crippen molar-refractivity contribution in [2.45, 2.75) is 44.0 Å². The average molecular weight is 401 g/mol. The molecule has 0 aliphatic carbocycles. The number of nitrogens with zero attached hydrogens (tertiary/aromatic N) is 1. The maximum Gasteiger partial charge on any atom is 0.251 e. The van der Waals surface area contributed by atoms with Gasteiger partial charge in [0.25, 0.3) is 5.91 Å². The summed E-state index contributed by atoms with van der Waals surface area (Å²) in [5, 5.41) is 3.02. The molecule has 2 aromatic rings. The molecule has 1 heterocycles. The lowest BCUT2D eigenvalue weighted by Gasteiger charge is -2.29. The molecule has 1 N–H and O–H groups in total. The fourth-order valence-corrected chi connectivity index (χ4v) is 5.04. The zero-order chi connectivity index (χ0) is 20.1. The van der Waals surface area contributed by atoms with E-state index < -0.39 is 10.0 Å². The van der Waals surface area contributed by atoms with Crippen LogP contribution in [0, 0.1) is 5.92 Å². The predicted octanol–water partition coefficient (Wildman–Crippen LogP) is 3.99. The zero-order valence-electron chi connectivity index (χ0n) is 16.5. The van der Waals surface area contributed by atoms with E-state index in [0.29, 0.717) is 24.6 Å². The molecule has 0 spiro atoms. The van der Waals surface area contributed by atoms with Gasteiger partial charge in [-0.2, -0.15) is 4.31 Å². The normalized spacial score (nSPS) is 17.2. The highest BCUT2D eigenvalue weighted by molar-refractivity contribution is 7.89. The van der Waals surface area contributed by atoms with Crippen molar-refractivity contribution in [3.8, 4) is 0 Å². The molecule has 3 rings (SSSR count). The van der Waals surface area contributed by atoms with Crippen molar-refractivity contribution in [1.82, 2.24) is 9.62 Å². The number of hydrogen-bond donors (Lipinski definition) is 1. The Morgan fingerprint density at radius 2 is 1.79 bits per heavy atom. The van der Waals surface area contributed by atoms with Crippen LogP contribution in [0.4, 0.5) is 0 Å². The molecule has 1 amide bonds. The lowest BCUT2D eigenvalue weighted by molar-refractivity contribution is 0.0935. The van der Waals surface area contributed by atoms with Crippen molar-refractivity contribution >= 4 is 15.9 Å². The highest BCUT2D eigenvalue weighted by Crippen LogP contribution is 2.24. The first kappa shape index (κ1) is 20.6. The summed E-state index contributed by atoms with van der Waals surface area (Å²) in [4.78, 5) is 12.9. The number of nitrogens with one attached hydrogen (secondary N) is 1. The van der Waals surface area contributed by atoms with Crippen molar-refractivity contribution in [1.29, 1.82) is 0 Å². The number of rotatable bonds is 6. The Bertz CT molecular complexity index is 904. The molecule has 1 atom stereocenters. The molecule has 150 valence electrons. The van der Waals surface area contributed by atoms with Gasteiger partial charge in [0.1, 0.15) is 0 Å². The summed E-state index contributed by atoms with van der Waals surface area (Å²) in [5.74, 6) is 0.285. The van der Waals surface area contributed by atoms with Gasteiger partial charge in [-0.05, 0) is 48.9 Å². The number of carbonyl (C=O) groups is 1. The first-order chi connectivity index (χ1) is 13.4. The summed E-state index contributed by atoms with van der Waals surface area (Å²) >= 11 is 0. The molecule has 28 heavy (non-hydrogen) atoms. The molecule has 2 aromatic carbocycles. The third-order valence-corrected chi connectivity index (χ3v) is 7.29. The van der Waals surface area contributed by atoms with Crippen LogP contribution >= 0.6 is 0 Å². The number of sulfonamides is 1. The minimum atomic E-state index is -3.57. The Labute approximate surface area is 167 Å². The van der Waals surface area contributed by atoms with E-state index in [-0.39, 0.29) is 16.8 Å². The lowest BCUT2D eigenvalue weighted by Crippen LogP contribution is -2.38. The van der Waals surface area contributed by atoms with Gasteiger partial charge in [-0.3, -0.25) is 4.79 Å². The third kappa shape index (κ3) is 4.62. The molecule has 1 aliphatic rings. The predicted molar refractivity (Wildman–Crippen MR) is 111 cm³/mol. The van der Waals surface area contributed by atoms with Gasteiger partial charge < -0.3 is 5.32 Å². The fraction of sp³-hybridized carbons (Fsp3) is 0.409. The van der Waals surface area contributed by atoms with E-state index in [9.17, 15) is 13.2 Å². The van der Waals surface area contributed by atoms with Crippen LogP contribution in [0.1, 0.15) is 55.1 Å². The average Bonchev–Trinajstić information content (AvgIpc) is 2.73. The smallest absolute Gasteiger partial charge is 0.251 e. The van der Waals surface area contributed by atoms with Crippen LogP contribution in [0.3, 0.4) is 0 Å². The number of piperidine rings is 1. The minimum absolute atomic E-state index is 0.113. The van der Waals surface area contributed by atoms with E-state index in [1.54, 1.807) is 18.2 Å². The second-order valence-electron chi connectivity index (χ2n) is 7.46. The van der Waals surface area contributed by atoms with E-state index in [4.69, 9.17) is 0 Å². The number of amides is 1. The highest BCUT2D eigenvalue weighted by atomic mass is 32.2. The van der Waals surface area contributed by atoms with Gasteiger partial charge in [-0.15, -0.1) is 0 Å². The van der Waals surface area contributed by atoms with Gasteiger partial charge in [0, 0.05) is 18.7 Å². The first-order valence-electron chi connectivity index (χ1n) is 9.88. The molecule has 0 radical (unpaired) electrons. The summed E-state index contributed by atoms with van der Waals surface area (Å²) in [5.41, 5.74) is 1.39. The SMILES string of the molecule is CCC(NC(=O)c1cccc(S(=O)(=O)N2CCC(C)CC2)c1)c1ccccc1. The Morgan fingerprint density at radius 1 is 1.11 bits per heavy atom. The van der Waals surface area contributed by atoms with Crippen molar-refractivity contribution in [3.05, 3.63) is 65.7 Å². The van der Waals surface area contributed by atoms with Crippen LogP contribution in [0.5, 0.6) is 0 Å². The molecule has 1 aliphatic heterocycles. The van der Waals surface area contributed by atoms with Gasteiger partial charge in [-0.1, -0.05) is 50.2 Å². The summed E-state index contributed by atoms with van der Waals surface area (Å²) < 4.78 is 27.5. The van der Waals surface area contributed by atoms with Crippen LogP contribution in [0.25, 0.3) is 0 Å². The zero-order valence-corrected chi connectivity index (χ0v) is 17.3. The van der Waals surface area contributed by atoms with Crippen LogP contribution in [-0.2, 0) is 10.0 Å². The molecule has 6 heteroatoms. The van der Waals surface area contributed by atoms with Gasteiger partial charge in [-0.25, -0.2) is 8.42 Å². The summed E-state index contributed by atoms with van der Waals surface area (Å²) in [6, 6.07) is 16.0. The Kier molecular flexibility index (Phi) is 6.52. The molecular formula is C22H28N2O3S. The Balaban J connectivity index is 1.78. The van der Waals surface area contributed by atoms with Gasteiger partial charge in [0.05, 0.1) is 10.9 Å². The largest absolute Gasteiger partial charge is 0.345 e. The Hall–Kier alpha value is -2.18. The van der Waals surface area contributed by atoms with E-state index >= 15 is 0 Å². The standard InChI is InChI=1S/C22H28N2O3S/c1-3-21(18-8-5-4-6-9-18)23-22(25)19-10-7-11-20(16-19)28(26,27)24-14-12-17(2)13-15-24/h4-11,16-17,21H,3,12-15H2,1-2H3,(H,23,25). The molecule has 1 unspecified atom stereocenters. The monoisotopic (exact) mass is 400 g/mol. The molecule has 1 fully saturated rings. The van der Waals surface area contributed by atoms with E-state index in [1.807, 2.05) is 37.3 Å². The maximum atomic E-state index is 13.0. The van der Waals surface area contributed by atoms with Gasteiger partial charge in [0.2, 0.25) is 10.0 Å². The lowest BCUT2D eigenvalue weighted by atomic mass is 10.0. The first-order valence-corrected chi connectivity index (χ1v) is 11.3. The maximum absolute atomic E-state index is 13.0. The summed E-state index contributed by atoms with van der Waals surface area (Å²) in [6.07, 6.45) is 2.49.